The summed E-state index contributed by atoms with van der Waals surface area (Å²) in [5.41, 5.74) is 2.20. The van der Waals surface area contributed by atoms with Gasteiger partial charge in [0.15, 0.2) is 6.61 Å². The lowest BCUT2D eigenvalue weighted by molar-refractivity contribution is -0.141. The zero-order valence-corrected chi connectivity index (χ0v) is 16.5. The van der Waals surface area contributed by atoms with Gasteiger partial charge >= 0.3 is 12.0 Å². The molecule has 0 bridgehead atoms. The van der Waals surface area contributed by atoms with Crippen molar-refractivity contribution >= 4 is 23.8 Å². The Morgan fingerprint density at radius 3 is 2.43 bits per heavy atom. The summed E-state index contributed by atoms with van der Waals surface area (Å²) in [6.07, 6.45) is 2.74. The van der Waals surface area contributed by atoms with E-state index in [0.29, 0.717) is 40.9 Å². The highest BCUT2D eigenvalue weighted by Crippen LogP contribution is 2.35. The van der Waals surface area contributed by atoms with Crippen LogP contribution in [0.1, 0.15) is 60.0 Å². The van der Waals surface area contributed by atoms with Gasteiger partial charge in [-0.25, -0.2) is 9.59 Å². The van der Waals surface area contributed by atoms with Crippen LogP contribution in [-0.2, 0) is 14.3 Å². The monoisotopic (exact) mass is 391 g/mol. The summed E-state index contributed by atoms with van der Waals surface area (Å²) in [5, 5.41) is 3.39. The van der Waals surface area contributed by atoms with Crippen LogP contribution in [0.2, 0.25) is 0 Å². The second-order valence-electron chi connectivity index (χ2n) is 7.66. The lowest BCUT2D eigenvalue weighted by atomic mass is 9.77. The molecule has 2 fully saturated rings. The number of furan rings is 1. The number of imide groups is 1. The van der Waals surface area contributed by atoms with E-state index in [0.717, 1.165) is 12.8 Å². The molecule has 9 nitrogen and oxygen atoms in total. The Kier molecular flexibility index (Phi) is 5.18. The summed E-state index contributed by atoms with van der Waals surface area (Å²) < 4.78 is 10.4. The minimum Gasteiger partial charge on any atom is -0.465 e. The maximum Gasteiger partial charge on any atom is 0.344 e. The number of nitrogens with one attached hydrogen (secondary N) is 2. The molecule has 2 heterocycles. The van der Waals surface area contributed by atoms with Crippen LogP contribution in [-0.4, -0.2) is 41.0 Å². The third-order valence-corrected chi connectivity index (χ3v) is 5.63. The Hall–Kier alpha value is -2.84. The van der Waals surface area contributed by atoms with Gasteiger partial charge in [0.25, 0.3) is 11.8 Å². The lowest BCUT2D eigenvalue weighted by Gasteiger charge is -2.33. The van der Waals surface area contributed by atoms with E-state index in [4.69, 9.17) is 9.15 Å². The van der Waals surface area contributed by atoms with Crippen molar-refractivity contribution in [3.8, 4) is 0 Å². The Balaban J connectivity index is 1.58. The van der Waals surface area contributed by atoms with Crippen LogP contribution in [0.15, 0.2) is 4.42 Å². The maximum absolute atomic E-state index is 12.7. The van der Waals surface area contributed by atoms with E-state index < -0.39 is 36.0 Å². The Morgan fingerprint density at radius 1 is 1.21 bits per heavy atom. The molecular formula is C19H25N3O6. The van der Waals surface area contributed by atoms with E-state index in [1.54, 1.807) is 20.8 Å². The molecule has 1 aliphatic heterocycles. The van der Waals surface area contributed by atoms with E-state index in [2.05, 4.69) is 17.7 Å². The van der Waals surface area contributed by atoms with Gasteiger partial charge in [-0.1, -0.05) is 6.92 Å². The molecule has 1 saturated heterocycles. The van der Waals surface area contributed by atoms with Crippen molar-refractivity contribution in [1.29, 1.82) is 0 Å². The molecule has 1 aliphatic carbocycles. The number of nitrogens with zero attached hydrogens (tertiary/aromatic N) is 1. The summed E-state index contributed by atoms with van der Waals surface area (Å²) in [4.78, 5) is 49.2. The fraction of sp³-hybridized carbons (Fsp3) is 0.579. The number of amides is 4. The standard InChI is InChI=1S/C19H25N3O6/c1-10-5-7-19(8-6-10)17(25)22(18(26)20-19)21-14(23)9-27-16(24)15-11(2)12(3)28-13(15)4/h10H,5-9H2,1-4H3,(H,20,26)(H,21,23). The second kappa shape index (κ2) is 7.29. The first-order chi connectivity index (χ1) is 13.1. The highest BCUT2D eigenvalue weighted by Gasteiger charge is 2.52. The Morgan fingerprint density at radius 2 is 1.86 bits per heavy atom. The molecule has 152 valence electrons. The minimum atomic E-state index is -0.948. The van der Waals surface area contributed by atoms with Gasteiger partial charge in [-0.05, 0) is 52.4 Å². The predicted molar refractivity (Wildman–Crippen MR) is 97.1 cm³/mol. The van der Waals surface area contributed by atoms with E-state index in [-0.39, 0.29) is 5.56 Å². The highest BCUT2D eigenvalue weighted by atomic mass is 16.5. The minimum absolute atomic E-state index is 0.274. The summed E-state index contributed by atoms with van der Waals surface area (Å²) in [6.45, 7) is 6.57. The molecule has 1 aromatic rings. The van der Waals surface area contributed by atoms with Crippen LogP contribution in [0.5, 0.6) is 0 Å². The van der Waals surface area contributed by atoms with Crippen molar-refractivity contribution in [2.45, 2.75) is 58.9 Å². The van der Waals surface area contributed by atoms with Crippen molar-refractivity contribution in [3.63, 3.8) is 0 Å². The quantitative estimate of drug-likeness (QED) is 0.598. The number of hydrogen-bond acceptors (Lipinski definition) is 6. The average molecular weight is 391 g/mol. The summed E-state index contributed by atoms with van der Waals surface area (Å²) in [5.74, 6) is -0.438. The molecule has 0 radical (unpaired) electrons. The molecule has 0 atom stereocenters. The molecule has 9 heteroatoms. The van der Waals surface area contributed by atoms with Crippen LogP contribution in [0, 0.1) is 26.7 Å². The number of aryl methyl sites for hydroxylation is 2. The predicted octanol–water partition coefficient (Wildman–Crippen LogP) is 1.89. The van der Waals surface area contributed by atoms with Crippen LogP contribution in [0.25, 0.3) is 0 Å². The zero-order chi connectivity index (χ0) is 20.6. The third kappa shape index (κ3) is 3.48. The molecule has 1 aromatic heterocycles. The van der Waals surface area contributed by atoms with Crippen molar-refractivity contribution in [3.05, 3.63) is 22.6 Å². The molecule has 1 saturated carbocycles. The summed E-state index contributed by atoms with van der Waals surface area (Å²) >= 11 is 0. The smallest absolute Gasteiger partial charge is 0.344 e. The molecule has 4 amide bonds. The maximum atomic E-state index is 12.7. The van der Waals surface area contributed by atoms with Gasteiger partial charge in [0, 0.05) is 5.56 Å². The number of urea groups is 1. The number of hydrogen-bond donors (Lipinski definition) is 2. The SMILES string of the molecule is Cc1oc(C)c(C(=O)OCC(=O)NN2C(=O)NC3(CCC(C)CC3)C2=O)c1C. The lowest BCUT2D eigenvalue weighted by Crippen LogP contribution is -2.52. The largest absolute Gasteiger partial charge is 0.465 e. The summed E-state index contributed by atoms with van der Waals surface area (Å²) in [6, 6.07) is -0.670. The number of carbonyl (C=O) groups excluding carboxylic acids is 4. The molecular weight excluding hydrogens is 366 g/mol. The van der Waals surface area contributed by atoms with Gasteiger partial charge in [0.1, 0.15) is 22.6 Å². The van der Waals surface area contributed by atoms with Crippen molar-refractivity contribution < 1.29 is 28.3 Å². The van der Waals surface area contributed by atoms with Gasteiger partial charge in [0.2, 0.25) is 0 Å². The third-order valence-electron chi connectivity index (χ3n) is 5.63. The van der Waals surface area contributed by atoms with Crippen LogP contribution in [0.4, 0.5) is 4.79 Å². The molecule has 3 rings (SSSR count). The van der Waals surface area contributed by atoms with Gasteiger partial charge in [-0.2, -0.15) is 5.01 Å². The van der Waals surface area contributed by atoms with Crippen LogP contribution >= 0.6 is 0 Å². The second-order valence-corrected chi connectivity index (χ2v) is 7.66. The highest BCUT2D eigenvalue weighted by molar-refractivity contribution is 6.08. The molecule has 2 N–H and O–H groups in total. The van der Waals surface area contributed by atoms with E-state index in [1.807, 2.05) is 0 Å². The first-order valence-corrected chi connectivity index (χ1v) is 9.34. The molecule has 0 unspecified atom stereocenters. The number of hydrazine groups is 1. The first-order valence-electron chi connectivity index (χ1n) is 9.34. The zero-order valence-electron chi connectivity index (χ0n) is 16.5. The Labute approximate surface area is 162 Å². The Bertz CT molecular complexity index is 835. The number of ether oxygens (including phenoxy) is 1. The first kappa shape index (κ1) is 19.9. The van der Waals surface area contributed by atoms with Crippen molar-refractivity contribution in [2.24, 2.45) is 5.92 Å². The number of esters is 1. The van der Waals surface area contributed by atoms with Gasteiger partial charge in [-0.15, -0.1) is 0 Å². The van der Waals surface area contributed by atoms with E-state index >= 15 is 0 Å². The normalized spacial score (nSPS) is 24.4. The van der Waals surface area contributed by atoms with Gasteiger partial charge in [0.05, 0.1) is 0 Å². The molecule has 2 aliphatic rings. The molecule has 28 heavy (non-hydrogen) atoms. The van der Waals surface area contributed by atoms with Gasteiger partial charge in [-0.3, -0.25) is 15.0 Å². The van der Waals surface area contributed by atoms with Crippen LogP contribution in [0.3, 0.4) is 0 Å². The van der Waals surface area contributed by atoms with Gasteiger partial charge < -0.3 is 14.5 Å². The van der Waals surface area contributed by atoms with Crippen molar-refractivity contribution in [2.75, 3.05) is 6.61 Å². The molecule has 1 spiro atoms. The van der Waals surface area contributed by atoms with Crippen molar-refractivity contribution in [1.82, 2.24) is 15.8 Å². The molecule has 0 aromatic carbocycles. The van der Waals surface area contributed by atoms with E-state index in [1.165, 1.54) is 0 Å². The fourth-order valence-electron chi connectivity index (χ4n) is 3.77. The van der Waals surface area contributed by atoms with E-state index in [9.17, 15) is 19.2 Å². The summed E-state index contributed by atoms with van der Waals surface area (Å²) in [7, 11) is 0. The fourth-order valence-corrected chi connectivity index (χ4v) is 3.77. The van der Waals surface area contributed by atoms with Crippen LogP contribution < -0.4 is 10.7 Å². The number of carbonyl (C=O) groups is 4. The number of rotatable bonds is 4. The topological polar surface area (TPSA) is 118 Å². The average Bonchev–Trinajstić information content (AvgIpc) is 3.02.